The molecule has 2 nitrogen and oxygen atoms in total. The SMILES string of the molecule is CC(C)(C)N[Si](NC(C)(C)C)(C(F)(F)C(F)(F)F)C(F)(F)C(F)(F)F. The average Bonchev–Trinajstić information content (AvgIpc) is 2.19. The highest BCUT2D eigenvalue weighted by atomic mass is 28.4. The van der Waals surface area contributed by atoms with E-state index < -0.39 is 42.9 Å². The molecule has 0 aliphatic carbocycles. The quantitative estimate of drug-likeness (QED) is 0.520. The highest BCUT2D eigenvalue weighted by Crippen LogP contribution is 2.52. The summed E-state index contributed by atoms with van der Waals surface area (Å²) < 4.78 is 134. The molecule has 0 rings (SSSR count). The molecule has 0 aromatic heterocycles. The monoisotopic (exact) mass is 410 g/mol. The first-order valence-electron chi connectivity index (χ1n) is 6.89. The second-order valence-electron chi connectivity index (χ2n) is 7.64. The first-order valence-corrected chi connectivity index (χ1v) is 8.89. The highest BCUT2D eigenvalue weighted by molar-refractivity contribution is 6.80. The van der Waals surface area contributed by atoms with E-state index in [0.29, 0.717) is 0 Å². The van der Waals surface area contributed by atoms with Crippen molar-refractivity contribution in [3.63, 3.8) is 0 Å². The lowest BCUT2D eigenvalue weighted by Gasteiger charge is -2.49. The van der Waals surface area contributed by atoms with Crippen LogP contribution in [0.3, 0.4) is 0 Å². The van der Waals surface area contributed by atoms with Crippen LogP contribution in [-0.2, 0) is 0 Å². The molecular formula is C12H20F10N2Si. The Morgan fingerprint density at radius 2 is 0.680 bits per heavy atom. The third-order valence-corrected chi connectivity index (χ3v) is 7.48. The summed E-state index contributed by atoms with van der Waals surface area (Å²) in [5.41, 5.74) is -16.5. The van der Waals surface area contributed by atoms with Crippen LogP contribution in [0.1, 0.15) is 41.5 Å². The Balaban J connectivity index is 7.00. The van der Waals surface area contributed by atoms with Gasteiger partial charge < -0.3 is 9.96 Å². The Labute approximate surface area is 139 Å². The molecule has 0 spiro atoms. The second-order valence-corrected chi connectivity index (χ2v) is 10.9. The molecule has 0 heterocycles. The second kappa shape index (κ2) is 6.25. The fourth-order valence-electron chi connectivity index (χ4n) is 2.09. The molecule has 0 aliphatic heterocycles. The van der Waals surface area contributed by atoms with Gasteiger partial charge in [-0.3, -0.25) is 0 Å². The van der Waals surface area contributed by atoms with Crippen LogP contribution in [0.15, 0.2) is 0 Å². The Morgan fingerprint density at radius 1 is 0.480 bits per heavy atom. The highest BCUT2D eigenvalue weighted by Gasteiger charge is 2.88. The Kier molecular flexibility index (Phi) is 6.11. The lowest BCUT2D eigenvalue weighted by atomic mass is 10.1. The molecule has 0 fully saturated rings. The lowest BCUT2D eigenvalue weighted by Crippen LogP contribution is -2.91. The van der Waals surface area contributed by atoms with Crippen molar-refractivity contribution in [2.45, 2.75) is 76.1 Å². The summed E-state index contributed by atoms with van der Waals surface area (Å²) in [6.07, 6.45) is -13.3. The Hall–Kier alpha value is -0.563. The third kappa shape index (κ3) is 4.79. The fraction of sp³-hybridized carbons (Fsp3) is 1.00. The van der Waals surface area contributed by atoms with Crippen molar-refractivity contribution >= 4 is 8.40 Å². The van der Waals surface area contributed by atoms with Gasteiger partial charge in [-0.25, -0.2) is 0 Å². The maximum atomic E-state index is 14.2. The molecule has 0 amide bonds. The van der Waals surface area contributed by atoms with Crippen molar-refractivity contribution < 1.29 is 43.9 Å². The van der Waals surface area contributed by atoms with Crippen molar-refractivity contribution in [1.29, 1.82) is 0 Å². The fourth-order valence-corrected chi connectivity index (χ4v) is 6.28. The Morgan fingerprint density at radius 3 is 0.800 bits per heavy atom. The van der Waals surface area contributed by atoms with Gasteiger partial charge >= 0.3 is 31.8 Å². The molecule has 0 unspecified atom stereocenters. The van der Waals surface area contributed by atoms with Gasteiger partial charge in [-0.15, -0.1) is 0 Å². The molecule has 0 aliphatic rings. The van der Waals surface area contributed by atoms with E-state index in [1.165, 1.54) is 9.96 Å². The molecule has 0 radical (unpaired) electrons. The maximum absolute atomic E-state index is 14.2. The number of hydrogen-bond acceptors (Lipinski definition) is 2. The molecule has 0 aromatic carbocycles. The maximum Gasteiger partial charge on any atom is 0.452 e. The third-order valence-electron chi connectivity index (χ3n) is 2.78. The van der Waals surface area contributed by atoms with E-state index in [1.807, 2.05) is 0 Å². The van der Waals surface area contributed by atoms with E-state index in [2.05, 4.69) is 0 Å². The summed E-state index contributed by atoms with van der Waals surface area (Å²) in [6, 6.07) is 0. The molecule has 0 saturated carbocycles. The molecule has 2 N–H and O–H groups in total. The predicted octanol–water partition coefficient (Wildman–Crippen LogP) is 4.68. The van der Waals surface area contributed by atoms with E-state index in [1.54, 1.807) is 0 Å². The first kappa shape index (κ1) is 24.4. The van der Waals surface area contributed by atoms with Crippen LogP contribution >= 0.6 is 0 Å². The smallest absolute Gasteiger partial charge is 0.312 e. The van der Waals surface area contributed by atoms with Gasteiger partial charge in [0.25, 0.3) is 0 Å². The van der Waals surface area contributed by atoms with Gasteiger partial charge in [0.05, 0.1) is 0 Å². The van der Waals surface area contributed by atoms with Crippen LogP contribution in [0.25, 0.3) is 0 Å². The summed E-state index contributed by atoms with van der Waals surface area (Å²) >= 11 is 0. The lowest BCUT2D eigenvalue weighted by molar-refractivity contribution is -0.280. The molecule has 0 aromatic rings. The van der Waals surface area contributed by atoms with Gasteiger partial charge in [-0.1, -0.05) is 0 Å². The molecule has 0 atom stereocenters. The minimum atomic E-state index is -7.21. The summed E-state index contributed by atoms with van der Waals surface area (Å²) in [7, 11) is -7.21. The van der Waals surface area contributed by atoms with Crippen molar-refractivity contribution in [1.82, 2.24) is 9.96 Å². The molecule has 13 heteroatoms. The summed E-state index contributed by atoms with van der Waals surface area (Å²) in [4.78, 5) is 2.62. The zero-order chi connectivity index (χ0) is 20.9. The standard InChI is InChI=1S/C12H20F10N2Si/c1-7(2,3)23-25(24-8(4,5)6,11(19,20)9(13,14)15)12(21,22)10(16,17)18/h23-24H,1-6H3. The van der Waals surface area contributed by atoms with Gasteiger partial charge in [-0.05, 0) is 41.5 Å². The van der Waals surface area contributed by atoms with Crippen LogP contribution in [0.2, 0.25) is 0 Å². The molecular weight excluding hydrogens is 390 g/mol. The normalized spacial score (nSPS) is 16.3. The number of halogens is 10. The van der Waals surface area contributed by atoms with E-state index in [4.69, 9.17) is 0 Å². The van der Waals surface area contributed by atoms with Gasteiger partial charge in [0.2, 0.25) is 0 Å². The van der Waals surface area contributed by atoms with Crippen molar-refractivity contribution in [3.05, 3.63) is 0 Å². The summed E-state index contributed by atoms with van der Waals surface area (Å²) in [5, 5.41) is 0. The van der Waals surface area contributed by atoms with Crippen molar-refractivity contribution in [2.75, 3.05) is 0 Å². The molecule has 25 heavy (non-hydrogen) atoms. The molecule has 0 bridgehead atoms. The van der Waals surface area contributed by atoms with Crippen LogP contribution in [-0.4, -0.2) is 42.9 Å². The van der Waals surface area contributed by atoms with E-state index >= 15 is 0 Å². The Bertz CT molecular complexity index is 426. The topological polar surface area (TPSA) is 24.1 Å². The average molecular weight is 410 g/mol. The largest absolute Gasteiger partial charge is 0.452 e. The summed E-state index contributed by atoms with van der Waals surface area (Å²) in [5.74, 6) is 0. The van der Waals surface area contributed by atoms with Crippen LogP contribution in [0.4, 0.5) is 43.9 Å². The number of hydrogen-bond donors (Lipinski definition) is 2. The predicted molar refractivity (Wildman–Crippen MR) is 73.5 cm³/mol. The van der Waals surface area contributed by atoms with Gasteiger partial charge in [0.15, 0.2) is 0 Å². The zero-order valence-electron chi connectivity index (χ0n) is 14.3. The van der Waals surface area contributed by atoms with Crippen LogP contribution in [0, 0.1) is 0 Å². The zero-order valence-corrected chi connectivity index (χ0v) is 15.3. The van der Waals surface area contributed by atoms with Crippen molar-refractivity contribution in [2.24, 2.45) is 0 Å². The summed E-state index contributed by atoms with van der Waals surface area (Å²) in [6.45, 7) is 5.49. The molecule has 0 saturated heterocycles. The van der Waals surface area contributed by atoms with E-state index in [-0.39, 0.29) is 0 Å². The number of nitrogens with one attached hydrogen (secondary N) is 2. The first-order chi connectivity index (χ1) is 10.4. The van der Waals surface area contributed by atoms with Gasteiger partial charge in [0, 0.05) is 11.1 Å². The minimum absolute atomic E-state index is 0.915. The van der Waals surface area contributed by atoms with Gasteiger partial charge in [-0.2, -0.15) is 43.9 Å². The number of rotatable bonds is 4. The van der Waals surface area contributed by atoms with Crippen LogP contribution in [0.5, 0.6) is 0 Å². The van der Waals surface area contributed by atoms with Crippen molar-refractivity contribution in [3.8, 4) is 0 Å². The van der Waals surface area contributed by atoms with Gasteiger partial charge in [0.1, 0.15) is 0 Å². The van der Waals surface area contributed by atoms with E-state index in [9.17, 15) is 43.9 Å². The van der Waals surface area contributed by atoms with E-state index in [0.717, 1.165) is 41.5 Å². The number of alkyl halides is 10. The molecule has 152 valence electrons. The minimum Gasteiger partial charge on any atom is -0.312 e. The van der Waals surface area contributed by atoms with Crippen LogP contribution < -0.4 is 9.96 Å².